The number of likely N-dealkylation sites (tertiary alicyclic amines) is 1. The molecule has 0 bridgehead atoms. The molecule has 1 saturated heterocycles. The average molecular weight is 297 g/mol. The van der Waals surface area contributed by atoms with Crippen LogP contribution in [-0.2, 0) is 11.3 Å². The van der Waals surface area contributed by atoms with Crippen molar-refractivity contribution in [3.05, 3.63) is 22.5 Å². The number of aromatic nitrogens is 2. The maximum absolute atomic E-state index is 12.3. The molecule has 1 aliphatic heterocycles. The van der Waals surface area contributed by atoms with E-state index < -0.39 is 11.0 Å². The molecule has 0 spiro atoms. The van der Waals surface area contributed by atoms with Gasteiger partial charge in [0, 0.05) is 19.1 Å². The fraction of sp³-hybridized carbons (Fsp3) is 0.667. The molecule has 2 atom stereocenters. The van der Waals surface area contributed by atoms with Crippen molar-refractivity contribution in [1.29, 1.82) is 0 Å². The first-order valence-electron chi connectivity index (χ1n) is 6.66. The summed E-state index contributed by atoms with van der Waals surface area (Å²) in [6.07, 6.45) is 2.36. The first-order valence-corrected chi connectivity index (χ1v) is 6.66. The largest absolute Gasteiger partial charge is 0.391 e. The summed E-state index contributed by atoms with van der Waals surface area (Å²) >= 11 is 0. The van der Waals surface area contributed by atoms with Crippen LogP contribution in [-0.4, -0.2) is 74.8 Å². The lowest BCUT2D eigenvalue weighted by molar-refractivity contribution is -0.385. The second-order valence-electron chi connectivity index (χ2n) is 5.50. The Labute approximate surface area is 121 Å². The van der Waals surface area contributed by atoms with Crippen LogP contribution in [0.25, 0.3) is 0 Å². The average Bonchev–Trinajstić information content (AvgIpc) is 2.95. The van der Waals surface area contributed by atoms with Crippen LogP contribution in [0.2, 0.25) is 0 Å². The maximum Gasteiger partial charge on any atom is 0.307 e. The van der Waals surface area contributed by atoms with Crippen LogP contribution in [0.4, 0.5) is 5.69 Å². The number of rotatable bonds is 5. The zero-order chi connectivity index (χ0) is 15.6. The van der Waals surface area contributed by atoms with E-state index in [9.17, 15) is 20.0 Å². The van der Waals surface area contributed by atoms with E-state index in [1.807, 2.05) is 19.0 Å². The zero-order valence-electron chi connectivity index (χ0n) is 12.0. The Hall–Kier alpha value is -2.00. The third-order valence-corrected chi connectivity index (χ3v) is 3.42. The van der Waals surface area contributed by atoms with Gasteiger partial charge in [0.2, 0.25) is 5.91 Å². The van der Waals surface area contributed by atoms with Crippen molar-refractivity contribution in [2.75, 3.05) is 27.2 Å². The van der Waals surface area contributed by atoms with Gasteiger partial charge in [-0.2, -0.15) is 5.10 Å². The Morgan fingerprint density at radius 1 is 1.62 bits per heavy atom. The summed E-state index contributed by atoms with van der Waals surface area (Å²) in [5.74, 6) is -0.198. The molecule has 9 nitrogen and oxygen atoms in total. The van der Waals surface area contributed by atoms with Gasteiger partial charge in [0.25, 0.3) is 0 Å². The number of amides is 1. The Morgan fingerprint density at radius 2 is 2.33 bits per heavy atom. The highest BCUT2D eigenvalue weighted by Gasteiger charge is 2.34. The fourth-order valence-electron chi connectivity index (χ4n) is 2.55. The number of carbonyl (C=O) groups excluding carboxylic acids is 1. The van der Waals surface area contributed by atoms with Crippen LogP contribution >= 0.6 is 0 Å². The number of nitrogens with zero attached hydrogens (tertiary/aromatic N) is 5. The fourth-order valence-corrected chi connectivity index (χ4v) is 2.55. The minimum Gasteiger partial charge on any atom is -0.391 e. The molecular formula is C12H19N5O4. The van der Waals surface area contributed by atoms with E-state index >= 15 is 0 Å². The summed E-state index contributed by atoms with van der Waals surface area (Å²) in [4.78, 5) is 25.9. The number of hydrogen-bond donors (Lipinski definition) is 1. The van der Waals surface area contributed by atoms with E-state index in [0.29, 0.717) is 19.5 Å². The lowest BCUT2D eigenvalue weighted by Gasteiger charge is -2.26. The summed E-state index contributed by atoms with van der Waals surface area (Å²) in [7, 11) is 3.81. The predicted molar refractivity (Wildman–Crippen MR) is 73.6 cm³/mol. The summed E-state index contributed by atoms with van der Waals surface area (Å²) in [5, 5.41) is 24.1. The molecule has 1 fully saturated rings. The molecule has 0 aromatic carbocycles. The van der Waals surface area contributed by atoms with Gasteiger partial charge in [-0.05, 0) is 20.5 Å². The molecule has 116 valence electrons. The highest BCUT2D eigenvalue weighted by molar-refractivity contribution is 5.76. The second-order valence-corrected chi connectivity index (χ2v) is 5.50. The van der Waals surface area contributed by atoms with E-state index in [1.54, 1.807) is 4.90 Å². The Morgan fingerprint density at radius 3 is 2.90 bits per heavy atom. The minimum absolute atomic E-state index is 0.0481. The van der Waals surface area contributed by atoms with Crippen molar-refractivity contribution in [1.82, 2.24) is 19.6 Å². The molecule has 1 aliphatic rings. The van der Waals surface area contributed by atoms with Crippen molar-refractivity contribution in [2.45, 2.75) is 25.1 Å². The Bertz CT molecular complexity index is 529. The normalized spacial score (nSPS) is 22.0. The zero-order valence-corrected chi connectivity index (χ0v) is 12.0. The molecule has 21 heavy (non-hydrogen) atoms. The van der Waals surface area contributed by atoms with Gasteiger partial charge in [0.1, 0.15) is 18.9 Å². The van der Waals surface area contributed by atoms with Crippen LogP contribution in [0, 0.1) is 10.1 Å². The predicted octanol–water partition coefficient (Wildman–Crippen LogP) is -0.685. The van der Waals surface area contributed by atoms with E-state index in [2.05, 4.69) is 5.10 Å². The van der Waals surface area contributed by atoms with Crippen molar-refractivity contribution < 1.29 is 14.8 Å². The molecule has 2 rings (SSSR count). The Balaban J connectivity index is 2.02. The molecule has 1 aromatic rings. The summed E-state index contributed by atoms with van der Waals surface area (Å²) in [6.45, 7) is 0.896. The van der Waals surface area contributed by atoms with E-state index in [1.165, 1.54) is 10.9 Å². The van der Waals surface area contributed by atoms with E-state index in [0.717, 1.165) is 6.20 Å². The monoisotopic (exact) mass is 297 g/mol. The summed E-state index contributed by atoms with van der Waals surface area (Å²) in [6, 6.07) is -0.0481. The number of nitro groups is 1. The highest BCUT2D eigenvalue weighted by Crippen LogP contribution is 2.19. The van der Waals surface area contributed by atoms with Crippen LogP contribution in [0.1, 0.15) is 6.42 Å². The van der Waals surface area contributed by atoms with Crippen molar-refractivity contribution in [3.63, 3.8) is 0 Å². The molecule has 9 heteroatoms. The van der Waals surface area contributed by atoms with Crippen LogP contribution in [0.15, 0.2) is 12.4 Å². The lowest BCUT2D eigenvalue weighted by Crippen LogP contribution is -2.42. The minimum atomic E-state index is -0.553. The standard InChI is InChI=1S/C12H19N5O4/c1-14(2)5-9-3-11(18)7-16(9)12(19)8-15-6-10(4-13-15)17(20)21/h4,6,9,11,18H,3,5,7-8H2,1-2H3. The quantitative estimate of drug-likeness (QED) is 0.570. The van der Waals surface area contributed by atoms with Gasteiger partial charge in [0.05, 0.1) is 11.0 Å². The smallest absolute Gasteiger partial charge is 0.307 e. The van der Waals surface area contributed by atoms with Gasteiger partial charge >= 0.3 is 5.69 Å². The van der Waals surface area contributed by atoms with Crippen LogP contribution in [0.5, 0.6) is 0 Å². The van der Waals surface area contributed by atoms with Crippen LogP contribution < -0.4 is 0 Å². The summed E-state index contributed by atoms with van der Waals surface area (Å²) < 4.78 is 1.25. The number of carbonyl (C=O) groups is 1. The molecular weight excluding hydrogens is 278 g/mol. The third kappa shape index (κ3) is 3.76. The van der Waals surface area contributed by atoms with Crippen molar-refractivity contribution in [2.24, 2.45) is 0 Å². The van der Waals surface area contributed by atoms with Gasteiger partial charge in [-0.3, -0.25) is 19.6 Å². The number of β-amino-alcohol motifs (C(OH)–C–C–N with tert-alkyl or cyclic N) is 1. The highest BCUT2D eigenvalue weighted by atomic mass is 16.6. The molecule has 0 saturated carbocycles. The van der Waals surface area contributed by atoms with Crippen LogP contribution in [0.3, 0.4) is 0 Å². The SMILES string of the molecule is CN(C)CC1CC(O)CN1C(=O)Cn1cc([N+](=O)[O-])cn1. The lowest BCUT2D eigenvalue weighted by atomic mass is 10.2. The molecule has 1 N–H and O–H groups in total. The molecule has 0 radical (unpaired) electrons. The first kappa shape index (κ1) is 15.4. The molecule has 2 unspecified atom stereocenters. The molecule has 0 aliphatic carbocycles. The van der Waals surface area contributed by atoms with Crippen molar-refractivity contribution >= 4 is 11.6 Å². The number of aliphatic hydroxyl groups excluding tert-OH is 1. The molecule has 1 amide bonds. The van der Waals surface area contributed by atoms with Gasteiger partial charge < -0.3 is 14.9 Å². The maximum atomic E-state index is 12.3. The summed E-state index contributed by atoms with van der Waals surface area (Å²) in [5.41, 5.74) is -0.144. The van der Waals surface area contributed by atoms with Crippen molar-refractivity contribution in [3.8, 4) is 0 Å². The Kier molecular flexibility index (Phi) is 4.53. The number of likely N-dealkylation sites (N-methyl/N-ethyl adjacent to an activating group) is 1. The van der Waals surface area contributed by atoms with E-state index in [4.69, 9.17) is 0 Å². The van der Waals surface area contributed by atoms with Gasteiger partial charge in [-0.15, -0.1) is 0 Å². The number of aliphatic hydroxyl groups is 1. The topological polar surface area (TPSA) is 105 Å². The number of hydrogen-bond acceptors (Lipinski definition) is 6. The van der Waals surface area contributed by atoms with Gasteiger partial charge in [0.15, 0.2) is 0 Å². The molecule has 2 heterocycles. The molecule has 1 aromatic heterocycles. The van der Waals surface area contributed by atoms with Gasteiger partial charge in [-0.1, -0.05) is 0 Å². The van der Waals surface area contributed by atoms with E-state index in [-0.39, 0.29) is 24.2 Å². The third-order valence-electron chi connectivity index (χ3n) is 3.42. The first-order chi connectivity index (χ1) is 9.86. The second kappa shape index (κ2) is 6.19. The van der Waals surface area contributed by atoms with Gasteiger partial charge in [-0.25, -0.2) is 0 Å².